The maximum atomic E-state index is 13.2. The first-order valence-electron chi connectivity index (χ1n) is 7.69. The van der Waals surface area contributed by atoms with E-state index in [0.29, 0.717) is 5.00 Å². The number of fused-ring (bicyclic) bond motifs is 2. The Labute approximate surface area is 133 Å². The number of nitrogen functional groups attached to an aromatic ring is 1. The van der Waals surface area contributed by atoms with Crippen molar-refractivity contribution < 1.29 is 4.79 Å². The minimum Gasteiger partial charge on any atom is -0.390 e. The molecule has 3 aromatic rings. The molecule has 0 atom stereocenters. The highest BCUT2D eigenvalue weighted by molar-refractivity contribution is 7.16. The Morgan fingerprint density at radius 2 is 1.95 bits per heavy atom. The summed E-state index contributed by atoms with van der Waals surface area (Å²) in [5.74, 6) is 0.0758. The number of hydrogen-bond acceptors (Lipinski definition) is 3. The highest BCUT2D eigenvalue weighted by atomic mass is 32.1. The predicted molar refractivity (Wildman–Crippen MR) is 91.8 cm³/mol. The van der Waals surface area contributed by atoms with Gasteiger partial charge in [-0.05, 0) is 44.2 Å². The summed E-state index contributed by atoms with van der Waals surface area (Å²) in [5, 5.41) is 1.67. The zero-order valence-corrected chi connectivity index (χ0v) is 13.3. The lowest BCUT2D eigenvalue weighted by Gasteiger charge is -2.12. The standard InChI is InChI=1S/C18H18N2OS/c1-10-15(11-6-2-4-8-13(11)20-10)17(21)16-12-7-3-5-9-14(12)22-18(16)19/h2,4,6,8,20H,3,5,7,9,19H2,1H3. The Morgan fingerprint density at radius 1 is 1.18 bits per heavy atom. The van der Waals surface area contributed by atoms with Crippen LogP contribution < -0.4 is 5.73 Å². The molecule has 0 radical (unpaired) electrons. The van der Waals surface area contributed by atoms with Gasteiger partial charge in [0, 0.05) is 21.5 Å². The van der Waals surface area contributed by atoms with Crippen LogP contribution in [0, 0.1) is 6.92 Å². The van der Waals surface area contributed by atoms with Gasteiger partial charge in [-0.1, -0.05) is 18.2 Å². The van der Waals surface area contributed by atoms with Crippen LogP contribution in [0.3, 0.4) is 0 Å². The fourth-order valence-corrected chi connectivity index (χ4v) is 4.69. The Kier molecular flexibility index (Phi) is 3.08. The molecule has 4 rings (SSSR count). The maximum absolute atomic E-state index is 13.2. The SMILES string of the molecule is Cc1[nH]c2ccccc2c1C(=O)c1c(N)sc2c1CCCC2. The number of para-hydroxylation sites is 1. The molecule has 1 aliphatic rings. The third-order valence-corrected chi connectivity index (χ3v) is 5.67. The van der Waals surface area contributed by atoms with Crippen molar-refractivity contribution in [2.45, 2.75) is 32.6 Å². The number of aromatic nitrogens is 1. The number of benzene rings is 1. The molecular formula is C18H18N2OS. The number of ketones is 1. The van der Waals surface area contributed by atoms with Gasteiger partial charge in [-0.2, -0.15) is 0 Å². The first-order valence-corrected chi connectivity index (χ1v) is 8.50. The van der Waals surface area contributed by atoms with E-state index in [9.17, 15) is 4.79 Å². The Morgan fingerprint density at radius 3 is 2.82 bits per heavy atom. The van der Waals surface area contributed by atoms with Crippen LogP contribution in [-0.2, 0) is 12.8 Å². The lowest BCUT2D eigenvalue weighted by molar-refractivity contribution is 0.104. The third kappa shape index (κ3) is 1.91. The molecular weight excluding hydrogens is 292 g/mol. The van der Waals surface area contributed by atoms with E-state index in [-0.39, 0.29) is 5.78 Å². The van der Waals surface area contributed by atoms with Crippen molar-refractivity contribution in [2.24, 2.45) is 0 Å². The molecule has 2 heterocycles. The second-order valence-electron chi connectivity index (χ2n) is 5.95. The zero-order chi connectivity index (χ0) is 15.3. The number of nitrogens with two attached hydrogens (primary N) is 1. The number of hydrogen-bond donors (Lipinski definition) is 2. The van der Waals surface area contributed by atoms with Crippen LogP contribution >= 0.6 is 11.3 Å². The number of thiophene rings is 1. The number of carbonyl (C=O) groups excluding carboxylic acids is 1. The molecule has 0 aliphatic heterocycles. The van der Waals surface area contributed by atoms with Crippen molar-refractivity contribution in [3.63, 3.8) is 0 Å². The van der Waals surface area contributed by atoms with Crippen LogP contribution in [0.5, 0.6) is 0 Å². The van der Waals surface area contributed by atoms with Gasteiger partial charge in [-0.15, -0.1) is 11.3 Å². The Balaban J connectivity index is 1.91. The van der Waals surface area contributed by atoms with Crippen molar-refractivity contribution >= 4 is 33.0 Å². The summed E-state index contributed by atoms with van der Waals surface area (Å²) in [6, 6.07) is 7.96. The summed E-state index contributed by atoms with van der Waals surface area (Å²) in [5.41, 5.74) is 10.9. The minimum atomic E-state index is 0.0758. The summed E-state index contributed by atoms with van der Waals surface area (Å²) < 4.78 is 0. The number of anilines is 1. The fraction of sp³-hybridized carbons (Fsp3) is 0.278. The zero-order valence-electron chi connectivity index (χ0n) is 12.5. The van der Waals surface area contributed by atoms with E-state index in [2.05, 4.69) is 4.98 Å². The molecule has 0 bridgehead atoms. The maximum Gasteiger partial charge on any atom is 0.198 e. The van der Waals surface area contributed by atoms with Crippen molar-refractivity contribution in [2.75, 3.05) is 5.73 Å². The molecule has 3 nitrogen and oxygen atoms in total. The lowest BCUT2D eigenvalue weighted by atomic mass is 9.91. The number of rotatable bonds is 2. The second kappa shape index (κ2) is 4.99. The average molecular weight is 310 g/mol. The normalized spacial score (nSPS) is 14.2. The minimum absolute atomic E-state index is 0.0758. The van der Waals surface area contributed by atoms with Gasteiger partial charge in [0.05, 0.1) is 16.1 Å². The number of H-pyrrole nitrogens is 1. The summed E-state index contributed by atoms with van der Waals surface area (Å²) in [6.45, 7) is 1.96. The van der Waals surface area contributed by atoms with Crippen LogP contribution in [0.1, 0.15) is 44.9 Å². The van der Waals surface area contributed by atoms with E-state index in [4.69, 9.17) is 5.73 Å². The fourth-order valence-electron chi connectivity index (χ4n) is 3.53. The number of nitrogens with one attached hydrogen (secondary N) is 1. The van der Waals surface area contributed by atoms with Gasteiger partial charge >= 0.3 is 0 Å². The van der Waals surface area contributed by atoms with E-state index in [0.717, 1.165) is 47.0 Å². The molecule has 4 heteroatoms. The second-order valence-corrected chi connectivity index (χ2v) is 7.09. The molecule has 0 spiro atoms. The molecule has 0 fully saturated rings. The van der Waals surface area contributed by atoms with E-state index in [1.807, 2.05) is 31.2 Å². The first-order chi connectivity index (χ1) is 10.7. The molecule has 22 heavy (non-hydrogen) atoms. The molecule has 3 N–H and O–H groups in total. The Hall–Kier alpha value is -2.07. The summed E-state index contributed by atoms with van der Waals surface area (Å²) >= 11 is 1.60. The molecule has 2 aromatic heterocycles. The first kappa shape index (κ1) is 13.6. The molecule has 1 aliphatic carbocycles. The smallest absolute Gasteiger partial charge is 0.198 e. The molecule has 0 amide bonds. The Bertz CT molecular complexity index is 888. The van der Waals surface area contributed by atoms with Crippen molar-refractivity contribution in [1.29, 1.82) is 0 Å². The van der Waals surface area contributed by atoms with Crippen LogP contribution in [0.2, 0.25) is 0 Å². The van der Waals surface area contributed by atoms with Crippen LogP contribution in [0.4, 0.5) is 5.00 Å². The highest BCUT2D eigenvalue weighted by Gasteiger charge is 2.27. The van der Waals surface area contributed by atoms with E-state index < -0.39 is 0 Å². The van der Waals surface area contributed by atoms with Gasteiger partial charge in [0.15, 0.2) is 5.78 Å². The third-order valence-electron chi connectivity index (χ3n) is 4.55. The largest absolute Gasteiger partial charge is 0.390 e. The molecule has 0 saturated heterocycles. The number of aryl methyl sites for hydroxylation is 2. The molecule has 112 valence electrons. The predicted octanol–water partition coefficient (Wildman–Crippen LogP) is 4.23. The van der Waals surface area contributed by atoms with Gasteiger partial charge in [-0.3, -0.25) is 4.79 Å². The van der Waals surface area contributed by atoms with Crippen LogP contribution in [0.25, 0.3) is 10.9 Å². The van der Waals surface area contributed by atoms with Gasteiger partial charge in [0.25, 0.3) is 0 Å². The van der Waals surface area contributed by atoms with Gasteiger partial charge in [-0.25, -0.2) is 0 Å². The topological polar surface area (TPSA) is 58.9 Å². The lowest BCUT2D eigenvalue weighted by Crippen LogP contribution is -2.09. The summed E-state index contributed by atoms with van der Waals surface area (Å²) in [4.78, 5) is 17.8. The summed E-state index contributed by atoms with van der Waals surface area (Å²) in [6.07, 6.45) is 4.39. The van der Waals surface area contributed by atoms with E-state index in [1.54, 1.807) is 11.3 Å². The summed E-state index contributed by atoms with van der Waals surface area (Å²) in [7, 11) is 0. The monoisotopic (exact) mass is 310 g/mol. The van der Waals surface area contributed by atoms with Crippen molar-refractivity contribution in [3.05, 3.63) is 51.5 Å². The van der Waals surface area contributed by atoms with Crippen LogP contribution in [-0.4, -0.2) is 10.8 Å². The van der Waals surface area contributed by atoms with E-state index >= 15 is 0 Å². The van der Waals surface area contributed by atoms with Crippen molar-refractivity contribution in [3.8, 4) is 0 Å². The quantitative estimate of drug-likeness (QED) is 0.696. The average Bonchev–Trinajstić information content (AvgIpc) is 3.01. The van der Waals surface area contributed by atoms with E-state index in [1.165, 1.54) is 16.9 Å². The van der Waals surface area contributed by atoms with Crippen molar-refractivity contribution in [1.82, 2.24) is 4.98 Å². The van der Waals surface area contributed by atoms with Gasteiger partial charge in [0.1, 0.15) is 0 Å². The number of aromatic amines is 1. The molecule has 0 unspecified atom stereocenters. The molecule has 1 aromatic carbocycles. The van der Waals surface area contributed by atoms with Crippen LogP contribution in [0.15, 0.2) is 24.3 Å². The highest BCUT2D eigenvalue weighted by Crippen LogP contribution is 2.38. The number of carbonyl (C=O) groups is 1. The van der Waals surface area contributed by atoms with Gasteiger partial charge < -0.3 is 10.7 Å². The van der Waals surface area contributed by atoms with Gasteiger partial charge in [0.2, 0.25) is 0 Å². The molecule has 0 saturated carbocycles.